The molecule has 0 unspecified atom stereocenters. The first-order valence-electron chi connectivity index (χ1n) is 6.76. The molecule has 0 amide bonds. The Hall–Kier alpha value is -0.160. The van der Waals surface area contributed by atoms with Crippen LogP contribution in [0.2, 0.25) is 0 Å². The maximum Gasteiger partial charge on any atom is 0.215 e. The maximum atomic E-state index is 9.09. The van der Waals surface area contributed by atoms with Crippen molar-refractivity contribution >= 4 is 0 Å². The Bertz CT molecular complexity index is 182. The summed E-state index contributed by atoms with van der Waals surface area (Å²) in [4.78, 5) is 0. The topological polar surface area (TPSA) is 58.9 Å². The monoisotopic (exact) mass is 246 g/mol. The molecule has 102 valence electrons. The maximum absolute atomic E-state index is 9.09. The average Bonchev–Trinajstić information content (AvgIpc) is 2.39. The van der Waals surface area contributed by atoms with E-state index in [0.717, 1.165) is 6.42 Å². The van der Waals surface area contributed by atoms with Crippen molar-refractivity contribution in [2.75, 3.05) is 26.4 Å². The van der Waals surface area contributed by atoms with Crippen LogP contribution in [0.5, 0.6) is 0 Å². The predicted octanol–water partition coefficient (Wildman–Crippen LogP) is 1.69. The molecular weight excluding hydrogens is 220 g/mol. The molecule has 0 aromatic heterocycles. The van der Waals surface area contributed by atoms with Gasteiger partial charge < -0.3 is 19.7 Å². The second-order valence-corrected chi connectivity index (χ2v) is 4.92. The van der Waals surface area contributed by atoms with Crippen molar-refractivity contribution < 1.29 is 19.7 Å². The third-order valence-electron chi connectivity index (χ3n) is 3.36. The van der Waals surface area contributed by atoms with E-state index >= 15 is 0 Å². The van der Waals surface area contributed by atoms with Gasteiger partial charge >= 0.3 is 0 Å². The Balaban J connectivity index is 2.10. The van der Waals surface area contributed by atoms with Crippen LogP contribution in [0.3, 0.4) is 0 Å². The molecule has 1 saturated heterocycles. The number of unbranched alkanes of at least 4 members (excludes halogenated alkanes) is 4. The first-order valence-corrected chi connectivity index (χ1v) is 6.76. The first kappa shape index (κ1) is 14.9. The van der Waals surface area contributed by atoms with Gasteiger partial charge in [0.1, 0.15) is 0 Å². The normalized spacial score (nSPS) is 20.6. The van der Waals surface area contributed by atoms with Crippen molar-refractivity contribution in [3.8, 4) is 0 Å². The second-order valence-electron chi connectivity index (χ2n) is 4.92. The number of hydrogen-bond donors (Lipinski definition) is 2. The van der Waals surface area contributed by atoms with Crippen LogP contribution in [0.25, 0.3) is 0 Å². The number of hydrogen-bond acceptors (Lipinski definition) is 4. The van der Waals surface area contributed by atoms with E-state index in [1.54, 1.807) is 0 Å². The van der Waals surface area contributed by atoms with E-state index < -0.39 is 5.79 Å². The average molecular weight is 246 g/mol. The van der Waals surface area contributed by atoms with Crippen molar-refractivity contribution in [2.45, 2.75) is 51.2 Å². The Morgan fingerprint density at radius 2 is 1.59 bits per heavy atom. The molecule has 0 aromatic carbocycles. The Morgan fingerprint density at radius 3 is 2.12 bits per heavy atom. The Labute approximate surface area is 104 Å². The van der Waals surface area contributed by atoms with E-state index in [2.05, 4.69) is 6.92 Å². The molecule has 4 heteroatoms. The van der Waals surface area contributed by atoms with Crippen LogP contribution < -0.4 is 0 Å². The zero-order valence-electron chi connectivity index (χ0n) is 10.9. The molecule has 1 aliphatic rings. The zero-order chi connectivity index (χ0) is 12.6. The number of rotatable bonds is 8. The zero-order valence-corrected chi connectivity index (χ0v) is 10.9. The summed E-state index contributed by atoms with van der Waals surface area (Å²) >= 11 is 0. The van der Waals surface area contributed by atoms with Crippen LogP contribution in [0, 0.1) is 5.92 Å². The molecule has 1 aliphatic heterocycles. The molecule has 17 heavy (non-hydrogen) atoms. The van der Waals surface area contributed by atoms with E-state index in [-0.39, 0.29) is 13.2 Å². The fourth-order valence-electron chi connectivity index (χ4n) is 2.07. The molecule has 0 spiro atoms. The summed E-state index contributed by atoms with van der Waals surface area (Å²) in [5.74, 6) is -0.749. The van der Waals surface area contributed by atoms with Crippen LogP contribution in [-0.4, -0.2) is 42.4 Å². The highest BCUT2D eigenvalue weighted by molar-refractivity contribution is 4.74. The number of aliphatic hydroxyl groups excluding tert-OH is 2. The third-order valence-corrected chi connectivity index (χ3v) is 3.36. The molecule has 0 bridgehead atoms. The minimum Gasteiger partial charge on any atom is -0.391 e. The lowest BCUT2D eigenvalue weighted by molar-refractivity contribution is -0.309. The molecule has 2 N–H and O–H groups in total. The number of ether oxygens (including phenoxy) is 2. The predicted molar refractivity (Wildman–Crippen MR) is 65.7 cm³/mol. The van der Waals surface area contributed by atoms with E-state index in [1.807, 2.05) is 0 Å². The molecule has 1 rings (SSSR count). The Kier molecular flexibility index (Phi) is 7.04. The fraction of sp³-hybridized carbons (Fsp3) is 1.00. The minimum atomic E-state index is -1.15. The molecule has 0 saturated carbocycles. The molecule has 1 fully saturated rings. The van der Waals surface area contributed by atoms with Gasteiger partial charge in [0.25, 0.3) is 0 Å². The van der Waals surface area contributed by atoms with Gasteiger partial charge in [-0.05, 0) is 6.42 Å². The van der Waals surface area contributed by atoms with Gasteiger partial charge in [0, 0.05) is 5.92 Å². The Morgan fingerprint density at radius 1 is 1.00 bits per heavy atom. The summed E-state index contributed by atoms with van der Waals surface area (Å²) in [6, 6.07) is 0. The van der Waals surface area contributed by atoms with Crippen molar-refractivity contribution in [1.29, 1.82) is 0 Å². The summed E-state index contributed by atoms with van der Waals surface area (Å²) in [7, 11) is 0. The number of aliphatic hydroxyl groups is 2. The summed E-state index contributed by atoms with van der Waals surface area (Å²) in [6.45, 7) is 2.80. The van der Waals surface area contributed by atoms with E-state index in [4.69, 9.17) is 19.7 Å². The lowest BCUT2D eigenvalue weighted by Crippen LogP contribution is -2.49. The summed E-state index contributed by atoms with van der Waals surface area (Å²) in [6.07, 6.45) is 7.48. The molecule has 0 atom stereocenters. The van der Waals surface area contributed by atoms with Gasteiger partial charge in [-0.3, -0.25) is 0 Å². The van der Waals surface area contributed by atoms with Crippen molar-refractivity contribution in [3.05, 3.63) is 0 Å². The molecule has 0 aliphatic carbocycles. The highest BCUT2D eigenvalue weighted by Crippen LogP contribution is 2.24. The summed E-state index contributed by atoms with van der Waals surface area (Å²) in [5, 5.41) is 18.2. The lowest BCUT2D eigenvalue weighted by Gasteiger charge is -2.37. The standard InChI is InChI=1S/C13H26O4/c1-2-3-4-5-6-7-12-8-16-13(10-14,11-15)17-9-12/h12,14-15H,2-11H2,1H3. The van der Waals surface area contributed by atoms with Crippen molar-refractivity contribution in [1.82, 2.24) is 0 Å². The highest BCUT2D eigenvalue weighted by Gasteiger charge is 2.36. The minimum absolute atomic E-state index is 0.285. The summed E-state index contributed by atoms with van der Waals surface area (Å²) in [5.41, 5.74) is 0. The second kappa shape index (κ2) is 8.03. The molecule has 1 heterocycles. The van der Waals surface area contributed by atoms with Gasteiger partial charge in [-0.1, -0.05) is 39.0 Å². The van der Waals surface area contributed by atoms with Gasteiger partial charge in [-0.15, -0.1) is 0 Å². The van der Waals surface area contributed by atoms with E-state index in [1.165, 1.54) is 32.1 Å². The van der Waals surface area contributed by atoms with Gasteiger partial charge in [0.05, 0.1) is 26.4 Å². The molecular formula is C13H26O4. The first-order chi connectivity index (χ1) is 8.26. The highest BCUT2D eigenvalue weighted by atomic mass is 16.7. The van der Waals surface area contributed by atoms with Crippen LogP contribution in [0.1, 0.15) is 45.4 Å². The van der Waals surface area contributed by atoms with Gasteiger partial charge in [0.15, 0.2) is 0 Å². The fourth-order valence-corrected chi connectivity index (χ4v) is 2.07. The van der Waals surface area contributed by atoms with Crippen molar-refractivity contribution in [2.24, 2.45) is 5.92 Å². The van der Waals surface area contributed by atoms with Gasteiger partial charge in [0.2, 0.25) is 5.79 Å². The molecule has 0 aromatic rings. The molecule has 0 radical (unpaired) electrons. The van der Waals surface area contributed by atoms with Crippen molar-refractivity contribution in [3.63, 3.8) is 0 Å². The van der Waals surface area contributed by atoms with E-state index in [9.17, 15) is 0 Å². The lowest BCUT2D eigenvalue weighted by atomic mass is 10.0. The smallest absolute Gasteiger partial charge is 0.215 e. The largest absolute Gasteiger partial charge is 0.391 e. The summed E-state index contributed by atoms with van der Waals surface area (Å²) < 4.78 is 10.9. The van der Waals surface area contributed by atoms with Crippen LogP contribution >= 0.6 is 0 Å². The van der Waals surface area contributed by atoms with Gasteiger partial charge in [-0.2, -0.15) is 0 Å². The molecule has 4 nitrogen and oxygen atoms in total. The van der Waals surface area contributed by atoms with E-state index in [0.29, 0.717) is 19.1 Å². The quantitative estimate of drug-likeness (QED) is 0.640. The SMILES string of the molecule is CCCCCCCC1COC(CO)(CO)OC1. The van der Waals surface area contributed by atoms with Crippen LogP contribution in [0.4, 0.5) is 0 Å². The third kappa shape index (κ3) is 4.92. The van der Waals surface area contributed by atoms with Crippen LogP contribution in [0.15, 0.2) is 0 Å². The van der Waals surface area contributed by atoms with Crippen LogP contribution in [-0.2, 0) is 9.47 Å². The van der Waals surface area contributed by atoms with Gasteiger partial charge in [-0.25, -0.2) is 0 Å².